The third-order valence-electron chi connectivity index (χ3n) is 4.64. The minimum Gasteiger partial charge on any atom is -0.486 e. The fourth-order valence-electron chi connectivity index (χ4n) is 2.98. The highest BCUT2D eigenvalue weighted by molar-refractivity contribution is 7.92. The predicted molar refractivity (Wildman–Crippen MR) is 116 cm³/mol. The van der Waals surface area contributed by atoms with Gasteiger partial charge in [0, 0.05) is 11.1 Å². The van der Waals surface area contributed by atoms with E-state index < -0.39 is 27.7 Å². The van der Waals surface area contributed by atoms with Gasteiger partial charge in [0.2, 0.25) is 0 Å². The summed E-state index contributed by atoms with van der Waals surface area (Å²) in [6, 6.07) is 14.9. The first-order valence-electron chi connectivity index (χ1n) is 9.71. The highest BCUT2D eigenvalue weighted by Gasteiger charge is 2.18. The van der Waals surface area contributed by atoms with Crippen molar-refractivity contribution in [1.29, 1.82) is 0 Å². The lowest BCUT2D eigenvalue weighted by Crippen LogP contribution is -2.41. The van der Waals surface area contributed by atoms with E-state index in [1.54, 1.807) is 6.07 Å². The van der Waals surface area contributed by atoms with E-state index in [1.807, 2.05) is 0 Å². The van der Waals surface area contributed by atoms with E-state index in [4.69, 9.17) is 9.47 Å². The van der Waals surface area contributed by atoms with Gasteiger partial charge in [0.25, 0.3) is 21.8 Å². The Morgan fingerprint density at radius 3 is 2.09 bits per heavy atom. The van der Waals surface area contributed by atoms with E-state index in [0.29, 0.717) is 24.7 Å². The lowest BCUT2D eigenvalue weighted by molar-refractivity contribution is 0.0846. The molecule has 0 aromatic heterocycles. The van der Waals surface area contributed by atoms with Crippen molar-refractivity contribution in [3.05, 3.63) is 83.7 Å². The Balaban J connectivity index is 1.38. The summed E-state index contributed by atoms with van der Waals surface area (Å²) in [5.41, 5.74) is 4.69. The number of carbonyl (C=O) groups is 2. The second kappa shape index (κ2) is 9.17. The van der Waals surface area contributed by atoms with Gasteiger partial charge in [-0.25, -0.2) is 12.8 Å². The third-order valence-corrected chi connectivity index (χ3v) is 6.02. The Bertz CT molecular complexity index is 1310. The molecule has 0 spiro atoms. The lowest BCUT2D eigenvalue weighted by atomic mass is 10.2. The van der Waals surface area contributed by atoms with Crippen LogP contribution in [0.15, 0.2) is 71.6 Å². The van der Waals surface area contributed by atoms with Gasteiger partial charge in [-0.3, -0.25) is 25.2 Å². The fraction of sp³-hybridized carbons (Fsp3) is 0.0909. The number of amides is 2. The molecular weight excluding hydrogens is 453 g/mol. The van der Waals surface area contributed by atoms with E-state index >= 15 is 0 Å². The molecule has 0 bridgehead atoms. The molecule has 1 aliphatic rings. The summed E-state index contributed by atoms with van der Waals surface area (Å²) in [4.78, 5) is 24.5. The van der Waals surface area contributed by atoms with E-state index in [-0.39, 0.29) is 21.7 Å². The predicted octanol–water partition coefficient (Wildman–Crippen LogP) is 2.47. The summed E-state index contributed by atoms with van der Waals surface area (Å²) >= 11 is 0. The smallest absolute Gasteiger partial charge is 0.269 e. The number of anilines is 1. The number of hydrogen-bond donors (Lipinski definition) is 3. The summed E-state index contributed by atoms with van der Waals surface area (Å²) in [7, 11) is -4.06. The zero-order valence-corrected chi connectivity index (χ0v) is 17.8. The molecule has 9 nitrogen and oxygen atoms in total. The maximum Gasteiger partial charge on any atom is 0.269 e. The van der Waals surface area contributed by atoms with E-state index in [1.165, 1.54) is 54.6 Å². The van der Waals surface area contributed by atoms with Crippen molar-refractivity contribution in [2.75, 3.05) is 17.9 Å². The minimum absolute atomic E-state index is 0.0994. The highest BCUT2D eigenvalue weighted by atomic mass is 32.2. The zero-order valence-electron chi connectivity index (χ0n) is 17.0. The quantitative estimate of drug-likeness (QED) is 0.492. The largest absolute Gasteiger partial charge is 0.486 e. The molecule has 1 heterocycles. The standard InChI is InChI=1S/C22H18FN3O6S/c23-17-3-1-2-4-18(17)26-33(29,30)16-8-5-14(6-9-16)21(27)24-25-22(28)15-7-10-19-20(13-15)32-12-11-31-19/h1-10,13,26H,11-12H2,(H,24,27)(H,25,28). The van der Waals surface area contributed by atoms with E-state index in [0.717, 1.165) is 6.07 Å². The van der Waals surface area contributed by atoms with Crippen molar-refractivity contribution in [3.63, 3.8) is 0 Å². The number of hydrazine groups is 1. The first-order chi connectivity index (χ1) is 15.8. The number of hydrogen-bond acceptors (Lipinski definition) is 6. The number of ether oxygens (including phenoxy) is 2. The van der Waals surface area contributed by atoms with Crippen LogP contribution in [-0.4, -0.2) is 33.4 Å². The second-order valence-electron chi connectivity index (χ2n) is 6.88. The Morgan fingerprint density at radius 2 is 1.39 bits per heavy atom. The number of benzene rings is 3. The number of sulfonamides is 1. The molecule has 0 aliphatic carbocycles. The first-order valence-corrected chi connectivity index (χ1v) is 11.2. The zero-order chi connectivity index (χ0) is 23.4. The van der Waals surface area contributed by atoms with Crippen LogP contribution in [0.4, 0.5) is 10.1 Å². The van der Waals surface area contributed by atoms with Crippen LogP contribution in [0.3, 0.4) is 0 Å². The average Bonchev–Trinajstić information content (AvgIpc) is 2.83. The molecule has 0 saturated heterocycles. The Kier molecular flexibility index (Phi) is 6.13. The summed E-state index contributed by atoms with van der Waals surface area (Å²) in [5.74, 6) is -0.992. The monoisotopic (exact) mass is 471 g/mol. The van der Waals surface area contributed by atoms with Gasteiger partial charge in [-0.15, -0.1) is 0 Å². The van der Waals surface area contributed by atoms with Crippen LogP contribution in [0.25, 0.3) is 0 Å². The number of nitrogens with one attached hydrogen (secondary N) is 3. The molecule has 0 unspecified atom stereocenters. The van der Waals surface area contributed by atoms with Gasteiger partial charge in [0.15, 0.2) is 11.5 Å². The minimum atomic E-state index is -4.06. The van der Waals surface area contributed by atoms with Crippen LogP contribution >= 0.6 is 0 Å². The molecule has 170 valence electrons. The molecule has 33 heavy (non-hydrogen) atoms. The Morgan fingerprint density at radius 1 is 0.788 bits per heavy atom. The van der Waals surface area contributed by atoms with Gasteiger partial charge in [-0.05, 0) is 54.6 Å². The lowest BCUT2D eigenvalue weighted by Gasteiger charge is -2.18. The van der Waals surface area contributed by atoms with Gasteiger partial charge in [-0.2, -0.15) is 0 Å². The molecule has 0 fully saturated rings. The van der Waals surface area contributed by atoms with Crippen molar-refractivity contribution < 1.29 is 31.9 Å². The van der Waals surface area contributed by atoms with Crippen molar-refractivity contribution in [2.24, 2.45) is 0 Å². The number of para-hydroxylation sites is 1. The normalized spacial score (nSPS) is 12.5. The summed E-state index contributed by atoms with van der Waals surface area (Å²) < 4.78 is 51.6. The molecule has 4 rings (SSSR count). The molecule has 0 radical (unpaired) electrons. The average molecular weight is 471 g/mol. The van der Waals surface area contributed by atoms with Gasteiger partial charge in [-0.1, -0.05) is 12.1 Å². The molecule has 11 heteroatoms. The van der Waals surface area contributed by atoms with Crippen LogP contribution in [-0.2, 0) is 10.0 Å². The van der Waals surface area contributed by atoms with Crippen LogP contribution < -0.4 is 25.0 Å². The molecule has 0 atom stereocenters. The van der Waals surface area contributed by atoms with Gasteiger partial charge in [0.05, 0.1) is 10.6 Å². The number of fused-ring (bicyclic) bond motifs is 1. The molecule has 1 aliphatic heterocycles. The number of carbonyl (C=O) groups excluding carboxylic acids is 2. The molecule has 3 aromatic rings. The van der Waals surface area contributed by atoms with Crippen LogP contribution in [0.5, 0.6) is 11.5 Å². The number of halogens is 1. The summed E-state index contributed by atoms with van der Waals surface area (Å²) in [5, 5.41) is 0. The van der Waals surface area contributed by atoms with Gasteiger partial charge in [0.1, 0.15) is 19.0 Å². The van der Waals surface area contributed by atoms with Crippen molar-refractivity contribution in [3.8, 4) is 11.5 Å². The van der Waals surface area contributed by atoms with Gasteiger partial charge < -0.3 is 9.47 Å². The van der Waals surface area contributed by atoms with Crippen LogP contribution in [0.2, 0.25) is 0 Å². The van der Waals surface area contributed by atoms with Crippen molar-refractivity contribution >= 4 is 27.5 Å². The van der Waals surface area contributed by atoms with Crippen LogP contribution in [0, 0.1) is 5.82 Å². The van der Waals surface area contributed by atoms with Gasteiger partial charge >= 0.3 is 0 Å². The van der Waals surface area contributed by atoms with Crippen molar-refractivity contribution in [1.82, 2.24) is 10.9 Å². The van der Waals surface area contributed by atoms with E-state index in [9.17, 15) is 22.4 Å². The molecule has 3 N–H and O–H groups in total. The van der Waals surface area contributed by atoms with Crippen molar-refractivity contribution in [2.45, 2.75) is 4.90 Å². The number of rotatable bonds is 5. The topological polar surface area (TPSA) is 123 Å². The van der Waals surface area contributed by atoms with E-state index in [2.05, 4.69) is 15.6 Å². The molecule has 3 aromatic carbocycles. The summed E-state index contributed by atoms with van der Waals surface area (Å²) in [6.07, 6.45) is 0. The van der Waals surface area contributed by atoms with Crippen LogP contribution in [0.1, 0.15) is 20.7 Å². The molecule has 2 amide bonds. The fourth-order valence-corrected chi connectivity index (χ4v) is 4.04. The molecular formula is C22H18FN3O6S. The molecule has 0 saturated carbocycles. The SMILES string of the molecule is O=C(NNC(=O)c1ccc2c(c1)OCCO2)c1ccc(S(=O)(=O)Nc2ccccc2F)cc1. The summed E-state index contributed by atoms with van der Waals surface area (Å²) in [6.45, 7) is 0.796. The Hall–Kier alpha value is -4.12. The Labute approximate surface area is 188 Å². The first kappa shape index (κ1) is 22.1. The third kappa shape index (κ3) is 5.04. The maximum absolute atomic E-state index is 13.7. The maximum atomic E-state index is 13.7. The highest BCUT2D eigenvalue weighted by Crippen LogP contribution is 2.30. The second-order valence-corrected chi connectivity index (χ2v) is 8.56.